The number of halogens is 3. The van der Waals surface area contributed by atoms with E-state index in [4.69, 9.17) is 38.0 Å². The van der Waals surface area contributed by atoms with Gasteiger partial charge in [0.25, 0.3) is 0 Å². The second kappa shape index (κ2) is 13.1. The summed E-state index contributed by atoms with van der Waals surface area (Å²) in [5, 5.41) is 24.4. The van der Waals surface area contributed by atoms with Crippen LogP contribution in [0.4, 0.5) is 10.2 Å². The Hall–Kier alpha value is -4.28. The van der Waals surface area contributed by atoms with Gasteiger partial charge >= 0.3 is 0 Å². The van der Waals surface area contributed by atoms with Crippen LogP contribution in [0.5, 0.6) is 0 Å². The van der Waals surface area contributed by atoms with Crippen molar-refractivity contribution in [3.63, 3.8) is 0 Å². The summed E-state index contributed by atoms with van der Waals surface area (Å²) in [6, 6.07) is 5.31. The first-order valence-electron chi connectivity index (χ1n) is 16.5. The molecule has 2 aromatic carbocycles. The van der Waals surface area contributed by atoms with E-state index < -0.39 is 5.82 Å². The van der Waals surface area contributed by atoms with Crippen molar-refractivity contribution < 1.29 is 13.9 Å². The lowest BCUT2D eigenvalue weighted by Crippen LogP contribution is -2.67. The van der Waals surface area contributed by atoms with Crippen LogP contribution in [0.3, 0.4) is 0 Å². The van der Waals surface area contributed by atoms with Crippen LogP contribution in [0.15, 0.2) is 36.7 Å². The highest BCUT2D eigenvalue weighted by Gasteiger charge is 2.43. The molecule has 1 N–H and O–H groups in total. The molecule has 50 heavy (non-hydrogen) atoms. The molecule has 11 nitrogen and oxygen atoms in total. The van der Waals surface area contributed by atoms with Crippen LogP contribution in [0.25, 0.3) is 43.8 Å². The molecule has 1 amide bonds. The van der Waals surface area contributed by atoms with Crippen LogP contribution >= 0.6 is 23.2 Å². The third-order valence-electron chi connectivity index (χ3n) is 10.5. The number of benzene rings is 2. The Kier molecular flexibility index (Phi) is 8.97. The minimum Gasteiger partial charge on any atom is -0.381 e. The average Bonchev–Trinajstić information content (AvgIpc) is 3.73. The summed E-state index contributed by atoms with van der Waals surface area (Å²) in [7, 11) is 5.68. The zero-order valence-electron chi connectivity index (χ0n) is 28.6. The average molecular weight is 719 g/mol. The molecule has 0 aliphatic carbocycles. The first-order valence-corrected chi connectivity index (χ1v) is 17.3. The Morgan fingerprint density at radius 3 is 2.70 bits per heavy atom. The summed E-state index contributed by atoms with van der Waals surface area (Å²) < 4.78 is 24.3. The van der Waals surface area contributed by atoms with Gasteiger partial charge in [0.2, 0.25) is 5.91 Å². The Morgan fingerprint density at radius 1 is 1.20 bits per heavy atom. The molecule has 5 aromatic rings. The van der Waals surface area contributed by atoms with Crippen LogP contribution in [-0.4, -0.2) is 99.7 Å². The number of nitrogens with one attached hydrogen (secondary N) is 1. The van der Waals surface area contributed by atoms with E-state index in [0.29, 0.717) is 82.9 Å². The maximum absolute atomic E-state index is 17.3. The summed E-state index contributed by atoms with van der Waals surface area (Å²) in [6.45, 7) is 6.19. The van der Waals surface area contributed by atoms with Crippen molar-refractivity contribution in [1.29, 1.82) is 5.26 Å². The van der Waals surface area contributed by atoms with Gasteiger partial charge in [-0.25, -0.2) is 9.37 Å². The van der Waals surface area contributed by atoms with Gasteiger partial charge in [0.05, 0.1) is 64.5 Å². The lowest BCUT2D eigenvalue weighted by Gasteiger charge is -2.52. The number of nitrogens with zero attached hydrogens (tertiary/aromatic N) is 8. The zero-order chi connectivity index (χ0) is 35.5. The van der Waals surface area contributed by atoms with Gasteiger partial charge in [0.1, 0.15) is 11.3 Å². The maximum Gasteiger partial charge on any atom is 0.246 e. The number of likely N-dealkylation sites (N-methyl/N-ethyl adjacent to an activating group) is 1. The molecule has 2 atom stereocenters. The van der Waals surface area contributed by atoms with Crippen LogP contribution in [0.1, 0.15) is 37.8 Å². The molecule has 5 heterocycles. The SMILES string of the molecule is COC/C=C/C(=O)N1CC[C@H](n2ncc3c(N4CC(C)(N(C)C)C4)nc4c(F)c(-c5c(C)c(Cl)cc6[nH]ncc56)c(Cl)cc4c32)C[C@H]1CC#N. The number of carbonyl (C=O) groups excluding carboxylic acids is 1. The van der Waals surface area contributed by atoms with E-state index in [0.717, 1.165) is 5.39 Å². The number of amides is 1. The molecule has 0 unspecified atom stereocenters. The highest BCUT2D eigenvalue weighted by Crippen LogP contribution is 2.46. The Morgan fingerprint density at radius 2 is 1.98 bits per heavy atom. The van der Waals surface area contributed by atoms with E-state index in [1.807, 2.05) is 11.6 Å². The number of carbonyl (C=O) groups is 1. The van der Waals surface area contributed by atoms with Gasteiger partial charge < -0.3 is 19.4 Å². The maximum atomic E-state index is 17.3. The molecule has 0 bridgehead atoms. The summed E-state index contributed by atoms with van der Waals surface area (Å²) in [5.74, 6) is -0.0714. The molecule has 260 valence electrons. The monoisotopic (exact) mass is 717 g/mol. The first-order chi connectivity index (χ1) is 24.0. The van der Waals surface area contributed by atoms with Gasteiger partial charge in [-0.1, -0.05) is 29.3 Å². The van der Waals surface area contributed by atoms with Gasteiger partial charge in [-0.2, -0.15) is 15.5 Å². The van der Waals surface area contributed by atoms with E-state index >= 15 is 4.39 Å². The normalized spacial score (nSPS) is 19.3. The molecular formula is C36H38Cl2FN9O2. The second-order valence-corrected chi connectivity index (χ2v) is 14.6. The minimum atomic E-state index is -0.558. The standard InChI is InChI=1S/C36H38Cl2FN9O2/c1-20-26(37)15-28-24(16-41-44-28)30(20)31-27(38)14-23-33(32(31)39)43-35(46-18-36(2,19-46)45(3)4)25-17-42-48(34(23)25)22-9-11-47(21(13-22)8-10-40)29(49)7-6-12-50-5/h6-7,14-17,21-22H,8-9,11-13,18-19H2,1-5H3,(H,41,44)/b7-6+/t21-,22+/m1/s1. The number of pyridine rings is 1. The number of aromatic nitrogens is 5. The summed E-state index contributed by atoms with van der Waals surface area (Å²) in [5.41, 5.74) is 2.93. The van der Waals surface area contributed by atoms with Crippen molar-refractivity contribution in [2.24, 2.45) is 0 Å². The van der Waals surface area contributed by atoms with Crippen LogP contribution in [-0.2, 0) is 9.53 Å². The number of likely N-dealkylation sites (tertiary alicyclic amines) is 1. The molecule has 0 spiro atoms. The predicted octanol–water partition coefficient (Wildman–Crippen LogP) is 6.67. The Balaban J connectivity index is 1.40. The topological polar surface area (TPSA) is 119 Å². The lowest BCUT2D eigenvalue weighted by atomic mass is 9.90. The Labute approximate surface area is 299 Å². The predicted molar refractivity (Wildman–Crippen MR) is 194 cm³/mol. The number of nitriles is 1. The summed E-state index contributed by atoms with van der Waals surface area (Å²) in [6.07, 6.45) is 7.89. The number of anilines is 1. The molecule has 2 fully saturated rings. The van der Waals surface area contributed by atoms with Crippen LogP contribution in [0, 0.1) is 24.1 Å². The third-order valence-corrected chi connectivity index (χ3v) is 11.2. The fraction of sp³-hybridized carbons (Fsp3) is 0.417. The van der Waals surface area contributed by atoms with E-state index in [1.54, 1.807) is 42.6 Å². The lowest BCUT2D eigenvalue weighted by molar-refractivity contribution is -0.130. The summed E-state index contributed by atoms with van der Waals surface area (Å²) >= 11 is 13.7. The van der Waals surface area contributed by atoms with E-state index in [1.165, 1.54) is 6.08 Å². The third kappa shape index (κ3) is 5.57. The largest absolute Gasteiger partial charge is 0.381 e. The van der Waals surface area contributed by atoms with Gasteiger partial charge in [-0.05, 0) is 58.5 Å². The number of ether oxygens (including phenoxy) is 1. The first kappa shape index (κ1) is 34.2. The number of aromatic amines is 1. The molecule has 14 heteroatoms. The Bertz CT molecular complexity index is 2220. The number of fused-ring (bicyclic) bond motifs is 4. The number of methoxy groups -OCH3 is 1. The molecule has 7 rings (SSSR count). The van der Waals surface area contributed by atoms with Gasteiger partial charge in [-0.15, -0.1) is 0 Å². The molecule has 3 aromatic heterocycles. The van der Waals surface area contributed by atoms with Crippen LogP contribution in [0.2, 0.25) is 10.0 Å². The van der Waals surface area contributed by atoms with Crippen molar-refractivity contribution in [3.05, 3.63) is 58.1 Å². The number of hydrogen-bond donors (Lipinski definition) is 1. The van der Waals surface area contributed by atoms with Crippen molar-refractivity contribution in [2.45, 2.75) is 50.7 Å². The van der Waals surface area contributed by atoms with E-state index in [-0.39, 0.29) is 46.1 Å². The van der Waals surface area contributed by atoms with Crippen molar-refractivity contribution in [2.75, 3.05) is 52.3 Å². The summed E-state index contributed by atoms with van der Waals surface area (Å²) in [4.78, 5) is 24.2. The molecule has 2 aliphatic rings. The van der Waals surface area contributed by atoms with Crippen LogP contribution < -0.4 is 4.90 Å². The molecular weight excluding hydrogens is 680 g/mol. The fourth-order valence-electron chi connectivity index (χ4n) is 7.48. The smallest absolute Gasteiger partial charge is 0.246 e. The number of piperidine rings is 1. The fourth-order valence-corrected chi connectivity index (χ4v) is 7.97. The van der Waals surface area contributed by atoms with Gasteiger partial charge in [0, 0.05) is 65.8 Å². The van der Waals surface area contributed by atoms with E-state index in [2.05, 4.69) is 47.1 Å². The van der Waals surface area contributed by atoms with Crippen molar-refractivity contribution >= 4 is 67.6 Å². The highest BCUT2D eigenvalue weighted by atomic mass is 35.5. The number of rotatable bonds is 8. The second-order valence-electron chi connectivity index (χ2n) is 13.8. The molecule has 0 saturated carbocycles. The highest BCUT2D eigenvalue weighted by molar-refractivity contribution is 6.36. The zero-order valence-corrected chi connectivity index (χ0v) is 30.1. The molecule has 2 aliphatic heterocycles. The van der Waals surface area contributed by atoms with Crippen molar-refractivity contribution in [3.8, 4) is 17.2 Å². The van der Waals surface area contributed by atoms with E-state index in [9.17, 15) is 10.1 Å². The number of hydrogen-bond acceptors (Lipinski definition) is 8. The van der Waals surface area contributed by atoms with Crippen molar-refractivity contribution in [1.82, 2.24) is 34.8 Å². The number of H-pyrrole nitrogens is 1. The molecule has 2 saturated heterocycles. The van der Waals surface area contributed by atoms with Gasteiger partial charge in [0.15, 0.2) is 5.82 Å². The minimum absolute atomic E-state index is 0.0744. The quantitative estimate of drug-likeness (QED) is 0.177. The molecule has 0 radical (unpaired) electrons. The van der Waals surface area contributed by atoms with Gasteiger partial charge in [-0.3, -0.25) is 14.6 Å².